The number of amides is 2. The Balaban J connectivity index is 2.00. The van der Waals surface area contributed by atoms with Crippen LogP contribution in [0.15, 0.2) is 17.3 Å². The summed E-state index contributed by atoms with van der Waals surface area (Å²) in [6.45, 7) is 5.21. The first-order valence-corrected chi connectivity index (χ1v) is 10.3. The topological polar surface area (TPSA) is 151 Å². The van der Waals surface area contributed by atoms with Gasteiger partial charge in [-0.25, -0.2) is 9.78 Å². The summed E-state index contributed by atoms with van der Waals surface area (Å²) in [4.78, 5) is 54.8. The number of ether oxygens (including phenoxy) is 1. The number of hydrogen-bond donors (Lipinski definition) is 2. The fraction of sp³-hybridized carbons (Fsp3) is 0.368. The van der Waals surface area contributed by atoms with Gasteiger partial charge in [0.15, 0.2) is 0 Å². The molecule has 0 aliphatic rings. The van der Waals surface area contributed by atoms with Gasteiger partial charge < -0.3 is 15.8 Å². The minimum Gasteiger partial charge on any atom is -0.462 e. The van der Waals surface area contributed by atoms with Gasteiger partial charge in [-0.3, -0.25) is 23.6 Å². The third-order valence-corrected chi connectivity index (χ3v) is 6.01. The van der Waals surface area contributed by atoms with E-state index in [2.05, 4.69) is 15.4 Å². The standard InChI is InChI=1S/C19H22N6O5S/c1-5-11(16(27)23-15-10(7-22-24(15)4)19(29)30-6-2)25-8-21-17-12(18(25)28)9(3)13(31-17)14(20)26/h7-8,11H,5-6H2,1-4H3,(H2,20,26)(H,23,27). The first-order valence-electron chi connectivity index (χ1n) is 9.51. The third kappa shape index (κ3) is 3.93. The predicted molar refractivity (Wildman–Crippen MR) is 114 cm³/mol. The molecule has 3 aromatic rings. The Morgan fingerprint density at radius 2 is 2.03 bits per heavy atom. The number of nitrogens with one attached hydrogen (secondary N) is 1. The molecule has 0 bridgehead atoms. The molecule has 31 heavy (non-hydrogen) atoms. The minimum absolute atomic E-state index is 0.105. The molecule has 3 rings (SSSR count). The van der Waals surface area contributed by atoms with Crippen molar-refractivity contribution in [2.24, 2.45) is 12.8 Å². The molecule has 0 aliphatic carbocycles. The van der Waals surface area contributed by atoms with Crippen molar-refractivity contribution >= 4 is 45.2 Å². The number of aromatic nitrogens is 4. The lowest BCUT2D eigenvalue weighted by atomic mass is 10.1. The van der Waals surface area contributed by atoms with Gasteiger partial charge in [0.2, 0.25) is 5.91 Å². The van der Waals surface area contributed by atoms with Gasteiger partial charge in [0.1, 0.15) is 22.3 Å². The molecule has 0 radical (unpaired) electrons. The molecular weight excluding hydrogens is 424 g/mol. The highest BCUT2D eigenvalue weighted by atomic mass is 32.1. The highest BCUT2D eigenvalue weighted by Crippen LogP contribution is 2.27. The molecule has 1 unspecified atom stereocenters. The van der Waals surface area contributed by atoms with Gasteiger partial charge >= 0.3 is 5.97 Å². The van der Waals surface area contributed by atoms with E-state index in [0.717, 1.165) is 11.3 Å². The molecule has 1 atom stereocenters. The number of aryl methyl sites for hydroxylation is 2. The van der Waals surface area contributed by atoms with Crippen molar-refractivity contribution in [2.75, 3.05) is 11.9 Å². The molecule has 3 aromatic heterocycles. The average molecular weight is 446 g/mol. The second-order valence-corrected chi connectivity index (χ2v) is 7.72. The van der Waals surface area contributed by atoms with Crippen LogP contribution in [0.1, 0.15) is 51.9 Å². The summed E-state index contributed by atoms with van der Waals surface area (Å²) in [7, 11) is 1.57. The molecule has 3 N–H and O–H groups in total. The number of nitrogens with two attached hydrogens (primary N) is 1. The number of primary amides is 1. The largest absolute Gasteiger partial charge is 0.462 e. The van der Waals surface area contributed by atoms with Crippen LogP contribution in [0.3, 0.4) is 0 Å². The number of nitrogens with zero attached hydrogens (tertiary/aromatic N) is 4. The van der Waals surface area contributed by atoms with E-state index in [9.17, 15) is 19.2 Å². The lowest BCUT2D eigenvalue weighted by Gasteiger charge is -2.18. The third-order valence-electron chi connectivity index (χ3n) is 4.80. The maximum absolute atomic E-state index is 13.1. The number of fused-ring (bicyclic) bond motifs is 1. The number of rotatable bonds is 7. The van der Waals surface area contributed by atoms with Gasteiger partial charge in [0.05, 0.1) is 29.4 Å². The number of carbonyl (C=O) groups is 3. The zero-order valence-corrected chi connectivity index (χ0v) is 18.3. The van der Waals surface area contributed by atoms with Gasteiger partial charge in [-0.1, -0.05) is 6.92 Å². The SMILES string of the molecule is CCOC(=O)c1cnn(C)c1NC(=O)C(CC)n1cnc2sc(C(N)=O)c(C)c2c1=O. The van der Waals surface area contributed by atoms with Crippen LogP contribution in [0.4, 0.5) is 5.82 Å². The smallest absolute Gasteiger partial charge is 0.343 e. The van der Waals surface area contributed by atoms with Gasteiger partial charge in [0.25, 0.3) is 11.5 Å². The van der Waals surface area contributed by atoms with Gasteiger partial charge in [-0.15, -0.1) is 11.3 Å². The molecule has 11 nitrogen and oxygen atoms in total. The van der Waals surface area contributed by atoms with E-state index in [1.807, 2.05) is 0 Å². The summed E-state index contributed by atoms with van der Waals surface area (Å²) < 4.78 is 7.54. The fourth-order valence-corrected chi connectivity index (χ4v) is 4.24. The Kier molecular flexibility index (Phi) is 6.20. The normalized spacial score (nSPS) is 12.0. The van der Waals surface area contributed by atoms with Crippen molar-refractivity contribution in [3.63, 3.8) is 0 Å². The zero-order chi connectivity index (χ0) is 22.9. The second-order valence-electron chi connectivity index (χ2n) is 6.72. The van der Waals surface area contributed by atoms with Gasteiger partial charge in [0, 0.05) is 7.05 Å². The van der Waals surface area contributed by atoms with Crippen molar-refractivity contribution < 1.29 is 19.1 Å². The molecule has 0 fully saturated rings. The number of esters is 1. The van der Waals surface area contributed by atoms with Crippen LogP contribution in [-0.4, -0.2) is 43.7 Å². The summed E-state index contributed by atoms with van der Waals surface area (Å²) in [5, 5.41) is 6.91. The molecule has 0 aliphatic heterocycles. The van der Waals surface area contributed by atoms with Gasteiger partial charge in [-0.05, 0) is 25.8 Å². The van der Waals surface area contributed by atoms with Crippen LogP contribution < -0.4 is 16.6 Å². The Bertz CT molecular complexity index is 1240. The van der Waals surface area contributed by atoms with Crippen LogP contribution >= 0.6 is 11.3 Å². The van der Waals surface area contributed by atoms with Crippen molar-refractivity contribution in [1.82, 2.24) is 19.3 Å². The lowest BCUT2D eigenvalue weighted by Crippen LogP contribution is -2.34. The van der Waals surface area contributed by atoms with E-state index in [-0.39, 0.29) is 34.7 Å². The van der Waals surface area contributed by atoms with E-state index in [1.165, 1.54) is 21.8 Å². The number of carbonyl (C=O) groups excluding carboxylic acids is 3. The van der Waals surface area contributed by atoms with Crippen molar-refractivity contribution in [2.45, 2.75) is 33.2 Å². The van der Waals surface area contributed by atoms with Crippen molar-refractivity contribution in [1.29, 1.82) is 0 Å². The molecule has 0 saturated heterocycles. The predicted octanol–water partition coefficient (Wildman–Crippen LogP) is 1.37. The molecular formula is C19H22N6O5S. The van der Waals surface area contributed by atoms with Crippen LogP contribution in [0.5, 0.6) is 0 Å². The van der Waals surface area contributed by atoms with Crippen LogP contribution in [0.2, 0.25) is 0 Å². The second kappa shape index (κ2) is 8.68. The Labute approximate surface area is 180 Å². The quantitative estimate of drug-likeness (QED) is 0.520. The molecule has 3 heterocycles. The lowest BCUT2D eigenvalue weighted by molar-refractivity contribution is -0.119. The number of thiophene rings is 1. The maximum Gasteiger partial charge on any atom is 0.343 e. The van der Waals surface area contributed by atoms with E-state index in [4.69, 9.17) is 10.5 Å². The molecule has 0 spiro atoms. The van der Waals surface area contributed by atoms with Crippen LogP contribution in [0, 0.1) is 6.92 Å². The highest BCUT2D eigenvalue weighted by molar-refractivity contribution is 7.20. The maximum atomic E-state index is 13.1. The summed E-state index contributed by atoms with van der Waals surface area (Å²) in [5.41, 5.74) is 5.46. The van der Waals surface area contributed by atoms with E-state index >= 15 is 0 Å². The minimum atomic E-state index is -0.911. The first-order chi connectivity index (χ1) is 14.7. The van der Waals surface area contributed by atoms with E-state index in [0.29, 0.717) is 10.4 Å². The van der Waals surface area contributed by atoms with Crippen molar-refractivity contribution in [3.05, 3.63) is 38.9 Å². The number of hydrogen-bond acceptors (Lipinski definition) is 8. The summed E-state index contributed by atoms with van der Waals surface area (Å²) in [6.07, 6.45) is 2.85. The number of anilines is 1. The summed E-state index contributed by atoms with van der Waals surface area (Å²) >= 11 is 1.04. The monoisotopic (exact) mass is 446 g/mol. The highest BCUT2D eigenvalue weighted by Gasteiger charge is 2.26. The molecule has 0 aromatic carbocycles. The summed E-state index contributed by atoms with van der Waals surface area (Å²) in [5.74, 6) is -1.62. The summed E-state index contributed by atoms with van der Waals surface area (Å²) in [6, 6.07) is -0.911. The van der Waals surface area contributed by atoms with Crippen LogP contribution in [-0.2, 0) is 16.6 Å². The van der Waals surface area contributed by atoms with Crippen molar-refractivity contribution in [3.8, 4) is 0 Å². The van der Waals surface area contributed by atoms with E-state index in [1.54, 1.807) is 27.8 Å². The Morgan fingerprint density at radius 1 is 1.32 bits per heavy atom. The fourth-order valence-electron chi connectivity index (χ4n) is 3.25. The molecule has 164 valence electrons. The molecule has 0 saturated carbocycles. The first kappa shape index (κ1) is 22.2. The molecule has 12 heteroatoms. The van der Waals surface area contributed by atoms with E-state index < -0.39 is 29.4 Å². The average Bonchev–Trinajstić information content (AvgIpc) is 3.25. The Hall–Kier alpha value is -3.54. The van der Waals surface area contributed by atoms with Crippen LogP contribution in [0.25, 0.3) is 10.2 Å². The Morgan fingerprint density at radius 3 is 2.65 bits per heavy atom. The van der Waals surface area contributed by atoms with Gasteiger partial charge in [-0.2, -0.15) is 5.10 Å². The molecule has 2 amide bonds. The zero-order valence-electron chi connectivity index (χ0n) is 17.5.